The van der Waals surface area contributed by atoms with Crippen LogP contribution in [0.25, 0.3) is 33.4 Å². The Morgan fingerprint density at radius 2 is 1.45 bits per heavy atom. The first-order valence-electron chi connectivity index (χ1n) is 25.4. The number of hydrogen-bond acceptors (Lipinski definition) is 23. The summed E-state index contributed by atoms with van der Waals surface area (Å²) in [5.41, 5.74) is 1.39. The van der Waals surface area contributed by atoms with Crippen LogP contribution in [0, 0.1) is 6.92 Å². The first kappa shape index (κ1) is 63.7. The molecule has 0 aromatic carbocycles. The van der Waals surface area contributed by atoms with Crippen molar-refractivity contribution < 1.29 is 71.4 Å². The summed E-state index contributed by atoms with van der Waals surface area (Å²) in [6.07, 6.45) is 0.742. The lowest BCUT2D eigenvalue weighted by Crippen LogP contribution is -2.52. The number of nitrogens with one attached hydrogen (secondary N) is 9. The van der Waals surface area contributed by atoms with E-state index in [2.05, 4.69) is 105 Å². The number of thiazole rings is 2. The smallest absolute Gasteiger partial charge is 0.278 e. The summed E-state index contributed by atoms with van der Waals surface area (Å²) in [4.78, 5) is 159. The van der Waals surface area contributed by atoms with Gasteiger partial charge in [0.1, 0.15) is 68.4 Å². The summed E-state index contributed by atoms with van der Waals surface area (Å²) in [5, 5.41) is 35.4. The number of primary amides is 1. The standard InChI is InChI=1S/C54H54N16O15S2/c1-12-14-31-51-69-37(27(10)85-51)48(81)70-52(82-11)54-66-33(19-87-54)44(77)62-29(13-2)50-68-36(26(9)84-50)47(80)59-23(6)42(75)60-24(7)49-64-32(17-83-49)38-28(53-65-34(18-86-53)45(78)67-35(25(8)71)46(79)63-31)15-16-30(61-38)43(76)58-22(5)41(74)57-21(4)40(73)56-20(3)39(55)72/h13-19,25,27,35,37,52,71H,3-7,12H2,1-2,8-11H3,(H2,55,72)(H,56,73)(H,57,74)(H,58,76)(H,59,80)(H,60,75)(H,62,77)(H,63,79)(H,67,78)(H,70,81)/b29-13-,31-14-/t25-,27?,35+,37?,52?/m1/s1. The number of aliphatic imine (C=N–C) groups is 1. The van der Waals surface area contributed by atoms with E-state index < -0.39 is 112 Å². The van der Waals surface area contributed by atoms with Crippen molar-refractivity contribution in [3.63, 3.8) is 0 Å². The number of amides is 10. The number of pyridine rings is 1. The molecule has 5 aromatic heterocycles. The first-order valence-corrected chi connectivity index (χ1v) is 27.2. The fourth-order valence-electron chi connectivity index (χ4n) is 7.54. The van der Waals surface area contributed by atoms with Gasteiger partial charge in [0, 0.05) is 23.4 Å². The lowest BCUT2D eigenvalue weighted by atomic mass is 10.1. The minimum atomic E-state index is -1.63. The molecule has 0 saturated heterocycles. The highest BCUT2D eigenvalue weighted by atomic mass is 32.1. The van der Waals surface area contributed by atoms with Gasteiger partial charge in [0.25, 0.3) is 53.2 Å². The van der Waals surface area contributed by atoms with E-state index in [4.69, 9.17) is 24.0 Å². The Labute approximate surface area is 500 Å². The van der Waals surface area contributed by atoms with E-state index in [-0.39, 0.29) is 90.3 Å². The van der Waals surface area contributed by atoms with E-state index in [1.54, 1.807) is 20.8 Å². The molecule has 10 amide bonds. The average Bonchev–Trinajstić information content (AvgIpc) is 2.86. The number of carbonyl (C=O) groups excluding carboxylic acids is 10. The number of oxazole rings is 2. The number of rotatable bonds is 10. The Kier molecular flexibility index (Phi) is 19.9. The monoisotopic (exact) mass is 1230 g/mol. The van der Waals surface area contributed by atoms with Gasteiger partial charge < -0.3 is 77.0 Å². The van der Waals surface area contributed by atoms with Gasteiger partial charge in [0.05, 0.1) is 40.3 Å². The van der Waals surface area contributed by atoms with Gasteiger partial charge in [0.15, 0.2) is 18.0 Å². The van der Waals surface area contributed by atoms with Gasteiger partial charge in [-0.25, -0.2) is 29.9 Å². The van der Waals surface area contributed by atoms with E-state index in [1.807, 2.05) is 5.32 Å². The topological polar surface area (TPSA) is 447 Å². The van der Waals surface area contributed by atoms with Crippen molar-refractivity contribution in [1.29, 1.82) is 0 Å². The fourth-order valence-corrected chi connectivity index (χ4v) is 9.18. The number of nitrogens with zero attached hydrogens (tertiary/aromatic N) is 6. The van der Waals surface area contributed by atoms with E-state index in [0.29, 0.717) is 6.42 Å². The molecule has 2 aliphatic rings. The highest BCUT2D eigenvalue weighted by Crippen LogP contribution is 2.34. The van der Waals surface area contributed by atoms with Crippen LogP contribution >= 0.6 is 22.7 Å². The molecule has 0 spiro atoms. The van der Waals surface area contributed by atoms with Crippen LogP contribution in [0.4, 0.5) is 0 Å². The van der Waals surface area contributed by atoms with Crippen molar-refractivity contribution in [2.24, 2.45) is 10.7 Å². The number of fused-ring (bicyclic) bond motifs is 12. The number of nitrogens with two attached hydrogens (primary N) is 1. The van der Waals surface area contributed by atoms with Gasteiger partial charge in [0.2, 0.25) is 23.6 Å². The van der Waals surface area contributed by atoms with Crippen molar-refractivity contribution in [2.45, 2.75) is 71.6 Å². The lowest BCUT2D eigenvalue weighted by Gasteiger charge is -2.21. The number of aliphatic hydroxyl groups excluding tert-OH is 1. The Bertz CT molecular complexity index is 3860. The molecule has 12 N–H and O–H groups in total. The molecule has 0 fully saturated rings. The van der Waals surface area contributed by atoms with E-state index in [1.165, 1.54) is 56.0 Å². The minimum Gasteiger partial charge on any atom is -0.471 e. The molecule has 5 atom stereocenters. The van der Waals surface area contributed by atoms with E-state index in [0.717, 1.165) is 28.9 Å². The predicted molar refractivity (Wildman–Crippen MR) is 309 cm³/mol. The van der Waals surface area contributed by atoms with Crippen LogP contribution in [0.2, 0.25) is 0 Å². The fraction of sp³-hybridized carbons (Fsp3) is 0.222. The third kappa shape index (κ3) is 14.9. The maximum atomic E-state index is 14.0. The molecule has 0 radical (unpaired) electrons. The highest BCUT2D eigenvalue weighted by Gasteiger charge is 2.38. The van der Waals surface area contributed by atoms with Gasteiger partial charge >= 0.3 is 0 Å². The van der Waals surface area contributed by atoms with Gasteiger partial charge in [-0.15, -0.1) is 22.7 Å². The van der Waals surface area contributed by atoms with Gasteiger partial charge in [-0.05, 0) is 46.2 Å². The number of methoxy groups -OCH3 is 1. The number of aliphatic hydroxyl groups is 1. The second-order valence-corrected chi connectivity index (χ2v) is 20.1. The molecule has 31 nitrogen and oxygen atoms in total. The molecule has 7 heterocycles. The van der Waals surface area contributed by atoms with Crippen LogP contribution in [0.15, 0.2) is 117 Å². The average molecular weight is 1230 g/mol. The van der Waals surface area contributed by atoms with Crippen molar-refractivity contribution in [3.05, 3.63) is 148 Å². The van der Waals surface area contributed by atoms with Crippen LogP contribution in [0.5, 0.6) is 0 Å². The third-order valence-corrected chi connectivity index (χ3v) is 13.8. The van der Waals surface area contributed by atoms with Gasteiger partial charge in [-0.1, -0.05) is 52.0 Å². The molecular weight excluding hydrogens is 1180 g/mol. The molecular formula is C54H54N16O15S2. The van der Waals surface area contributed by atoms with Gasteiger partial charge in [-0.2, -0.15) is 0 Å². The minimum absolute atomic E-state index is 0.00436. The number of ether oxygens (including phenoxy) is 2. The molecule has 2 aliphatic heterocycles. The summed E-state index contributed by atoms with van der Waals surface area (Å²) in [6, 6.07) is -0.289. The Morgan fingerprint density at radius 3 is 2.11 bits per heavy atom. The number of hydrogen-bond donors (Lipinski definition) is 11. The van der Waals surface area contributed by atoms with Crippen LogP contribution in [-0.2, 0) is 38.2 Å². The zero-order valence-corrected chi connectivity index (χ0v) is 48.5. The van der Waals surface area contributed by atoms with Gasteiger partial charge in [-0.3, -0.25) is 47.9 Å². The maximum Gasteiger partial charge on any atom is 0.278 e. The predicted octanol–water partition coefficient (Wildman–Crippen LogP) is 1.27. The molecule has 0 aliphatic carbocycles. The lowest BCUT2D eigenvalue weighted by molar-refractivity contribution is -0.127. The van der Waals surface area contributed by atoms with Crippen molar-refractivity contribution >= 4 is 99.0 Å². The summed E-state index contributed by atoms with van der Waals surface area (Å²) in [7, 11) is 1.30. The Morgan fingerprint density at radius 1 is 0.782 bits per heavy atom. The molecule has 3 unspecified atom stereocenters. The zero-order chi connectivity index (χ0) is 63.7. The van der Waals surface area contributed by atoms with Crippen LogP contribution in [0.1, 0.15) is 105 Å². The SMILES string of the molecule is C=C(NC(=O)C(=C)NC(=O)C(=C)NC(=O)c1ccc2c(n1)-c1coc(n1)C(=C)NC(=O)C(=C)NC(=O)c1nc(oc1C)/C(=C/C)NC(=O)c1csc(n1)C(OC)NC(=O)C1N=C(OC1C)/C(=C/CC)NC(=O)[C@H]([C@@H](C)O)NC(=O)c1csc-2n1)C(N)=O. The Balaban J connectivity index is 1.22. The van der Waals surface area contributed by atoms with Crippen molar-refractivity contribution in [3.8, 4) is 22.0 Å². The highest BCUT2D eigenvalue weighted by molar-refractivity contribution is 7.13. The largest absolute Gasteiger partial charge is 0.471 e. The number of allylic oxidation sites excluding steroid dienone is 2. The second kappa shape index (κ2) is 27.2. The first-order chi connectivity index (χ1) is 41.2. The summed E-state index contributed by atoms with van der Waals surface area (Å²) >= 11 is 1.88. The maximum absolute atomic E-state index is 14.0. The summed E-state index contributed by atoms with van der Waals surface area (Å²) < 4.78 is 22.9. The van der Waals surface area contributed by atoms with E-state index in [9.17, 15) is 53.1 Å². The van der Waals surface area contributed by atoms with Crippen LogP contribution in [0.3, 0.4) is 0 Å². The number of aryl methyl sites for hydroxylation is 1. The van der Waals surface area contributed by atoms with Crippen LogP contribution < -0.4 is 53.6 Å². The Hall–Kier alpha value is -10.9. The van der Waals surface area contributed by atoms with Crippen molar-refractivity contribution in [1.82, 2.24) is 72.8 Å². The van der Waals surface area contributed by atoms with Crippen molar-refractivity contribution in [2.75, 3.05) is 7.11 Å². The zero-order valence-electron chi connectivity index (χ0n) is 46.9. The molecule has 10 bridgehead atoms. The molecule has 0 saturated carbocycles. The number of carbonyl (C=O) groups is 10. The quantitative estimate of drug-likeness (QED) is 0.0877. The second-order valence-electron chi connectivity index (χ2n) is 18.4. The molecule has 33 heteroatoms. The molecule has 7 rings (SSSR count). The summed E-state index contributed by atoms with van der Waals surface area (Å²) in [5.74, 6) is -10.2. The molecule has 452 valence electrons. The summed E-state index contributed by atoms with van der Waals surface area (Å²) in [6.45, 7) is 25.2. The normalized spacial score (nSPS) is 19.2. The number of aromatic nitrogens is 5. The van der Waals surface area contributed by atoms with Crippen LogP contribution in [-0.4, -0.2) is 126 Å². The molecule has 87 heavy (non-hydrogen) atoms. The molecule has 5 aromatic rings. The third-order valence-electron chi connectivity index (χ3n) is 12.0. The van der Waals surface area contributed by atoms with E-state index >= 15 is 0 Å².